The van der Waals surface area contributed by atoms with Gasteiger partial charge in [-0.25, -0.2) is 4.39 Å². The minimum Gasteiger partial charge on any atom is -0.329 e. The van der Waals surface area contributed by atoms with Crippen LogP contribution in [0.5, 0.6) is 0 Å². The molecule has 2 atom stereocenters. The molecular formula is C14H21Cl2FN2. The Bertz CT molecular complexity index is 414. The molecule has 1 fully saturated rings. The van der Waals surface area contributed by atoms with E-state index in [4.69, 9.17) is 17.3 Å². The molecule has 2 rings (SSSR count). The number of benzene rings is 1. The van der Waals surface area contributed by atoms with Crippen molar-refractivity contribution in [3.63, 3.8) is 0 Å². The first-order valence-corrected chi connectivity index (χ1v) is 6.87. The minimum absolute atomic E-state index is 0. The van der Waals surface area contributed by atoms with Crippen molar-refractivity contribution in [1.82, 2.24) is 4.90 Å². The lowest BCUT2D eigenvalue weighted by atomic mass is 9.90. The Morgan fingerprint density at radius 3 is 2.84 bits per heavy atom. The zero-order valence-electron chi connectivity index (χ0n) is 11.1. The third kappa shape index (κ3) is 4.06. The van der Waals surface area contributed by atoms with Crippen molar-refractivity contribution < 1.29 is 4.39 Å². The zero-order valence-corrected chi connectivity index (χ0v) is 12.7. The van der Waals surface area contributed by atoms with Gasteiger partial charge < -0.3 is 5.73 Å². The van der Waals surface area contributed by atoms with Gasteiger partial charge in [-0.05, 0) is 43.0 Å². The topological polar surface area (TPSA) is 29.3 Å². The molecule has 19 heavy (non-hydrogen) atoms. The fourth-order valence-electron chi connectivity index (χ4n) is 2.78. The van der Waals surface area contributed by atoms with Gasteiger partial charge in [0.15, 0.2) is 0 Å². The number of likely N-dealkylation sites (tertiary alicyclic amines) is 1. The van der Waals surface area contributed by atoms with Crippen LogP contribution in [-0.4, -0.2) is 24.0 Å². The number of nitrogens with two attached hydrogens (primary N) is 1. The van der Waals surface area contributed by atoms with E-state index in [0.717, 1.165) is 18.7 Å². The van der Waals surface area contributed by atoms with Crippen LogP contribution in [0, 0.1) is 11.7 Å². The lowest BCUT2D eigenvalue weighted by Crippen LogP contribution is -2.48. The van der Waals surface area contributed by atoms with Gasteiger partial charge in [-0.1, -0.05) is 24.6 Å². The predicted octanol–water partition coefficient (Wildman–Crippen LogP) is 3.46. The molecule has 0 saturated carbocycles. The minimum atomic E-state index is -0.286. The zero-order chi connectivity index (χ0) is 13.1. The first-order valence-electron chi connectivity index (χ1n) is 6.50. The van der Waals surface area contributed by atoms with Crippen LogP contribution in [0.2, 0.25) is 5.02 Å². The van der Waals surface area contributed by atoms with Gasteiger partial charge in [-0.15, -0.1) is 12.4 Å². The third-order valence-corrected chi connectivity index (χ3v) is 4.21. The highest BCUT2D eigenvalue weighted by molar-refractivity contribution is 6.31. The van der Waals surface area contributed by atoms with E-state index < -0.39 is 0 Å². The van der Waals surface area contributed by atoms with Gasteiger partial charge in [0.25, 0.3) is 0 Å². The molecule has 0 radical (unpaired) electrons. The van der Waals surface area contributed by atoms with Crippen molar-refractivity contribution >= 4 is 24.0 Å². The van der Waals surface area contributed by atoms with Gasteiger partial charge in [0.2, 0.25) is 0 Å². The third-order valence-electron chi connectivity index (χ3n) is 3.86. The summed E-state index contributed by atoms with van der Waals surface area (Å²) in [6.45, 7) is 4.71. The van der Waals surface area contributed by atoms with Crippen LogP contribution < -0.4 is 5.73 Å². The SMILES string of the molecule is CC1CCCN(Cc2ccc(F)cc2Cl)C1CN.Cl. The Morgan fingerprint density at radius 2 is 2.21 bits per heavy atom. The van der Waals surface area contributed by atoms with Gasteiger partial charge in [-0.3, -0.25) is 4.90 Å². The summed E-state index contributed by atoms with van der Waals surface area (Å²) >= 11 is 6.08. The maximum Gasteiger partial charge on any atom is 0.124 e. The molecule has 1 aromatic rings. The average molecular weight is 307 g/mol. The van der Waals surface area contributed by atoms with Gasteiger partial charge in [0.05, 0.1) is 0 Å². The van der Waals surface area contributed by atoms with Crippen LogP contribution in [0.1, 0.15) is 25.3 Å². The van der Waals surface area contributed by atoms with Crippen molar-refractivity contribution in [2.24, 2.45) is 11.7 Å². The quantitative estimate of drug-likeness (QED) is 0.926. The summed E-state index contributed by atoms with van der Waals surface area (Å²) < 4.78 is 13.0. The van der Waals surface area contributed by atoms with Gasteiger partial charge >= 0.3 is 0 Å². The number of piperidine rings is 1. The maximum absolute atomic E-state index is 13.0. The number of rotatable bonds is 3. The molecular weight excluding hydrogens is 286 g/mol. The van der Waals surface area contributed by atoms with E-state index in [0.29, 0.717) is 23.5 Å². The molecule has 2 nitrogen and oxygen atoms in total. The molecule has 108 valence electrons. The average Bonchev–Trinajstić information content (AvgIpc) is 2.33. The molecule has 1 heterocycles. The standard InChI is InChI=1S/C14H20ClFN2.ClH/c1-10-3-2-6-18(14(10)8-17)9-11-4-5-12(16)7-13(11)15;/h4-5,7,10,14H,2-3,6,8-9,17H2,1H3;1H. The Hall–Kier alpha value is -0.350. The van der Waals surface area contributed by atoms with E-state index in [1.807, 2.05) is 0 Å². The van der Waals surface area contributed by atoms with Crippen LogP contribution in [-0.2, 0) is 6.54 Å². The van der Waals surface area contributed by atoms with Gasteiger partial charge in [-0.2, -0.15) is 0 Å². The lowest BCUT2D eigenvalue weighted by molar-refractivity contribution is 0.0991. The fraction of sp³-hybridized carbons (Fsp3) is 0.571. The summed E-state index contributed by atoms with van der Waals surface area (Å²) in [4.78, 5) is 2.37. The molecule has 1 aliphatic heterocycles. The molecule has 0 amide bonds. The molecule has 2 N–H and O–H groups in total. The smallest absolute Gasteiger partial charge is 0.124 e. The molecule has 5 heteroatoms. The Labute approximate surface area is 125 Å². The highest BCUT2D eigenvalue weighted by Gasteiger charge is 2.27. The Morgan fingerprint density at radius 1 is 1.47 bits per heavy atom. The second kappa shape index (κ2) is 7.44. The van der Waals surface area contributed by atoms with E-state index in [9.17, 15) is 4.39 Å². The highest BCUT2D eigenvalue weighted by Crippen LogP contribution is 2.26. The van der Waals surface area contributed by atoms with E-state index in [2.05, 4.69) is 11.8 Å². The highest BCUT2D eigenvalue weighted by atomic mass is 35.5. The second-order valence-corrected chi connectivity index (χ2v) is 5.54. The van der Waals surface area contributed by atoms with Crippen LogP contribution in [0.4, 0.5) is 4.39 Å². The maximum atomic E-state index is 13.0. The summed E-state index contributed by atoms with van der Waals surface area (Å²) in [5.41, 5.74) is 6.84. The molecule has 2 unspecified atom stereocenters. The normalized spacial score (nSPS) is 24.0. The number of hydrogen-bond donors (Lipinski definition) is 1. The van der Waals surface area contributed by atoms with Crippen LogP contribution in [0.15, 0.2) is 18.2 Å². The van der Waals surface area contributed by atoms with Crippen molar-refractivity contribution in [2.45, 2.75) is 32.4 Å². The lowest BCUT2D eigenvalue weighted by Gasteiger charge is -2.39. The predicted molar refractivity (Wildman–Crippen MR) is 80.3 cm³/mol. The number of halogens is 3. The van der Waals surface area contributed by atoms with Crippen molar-refractivity contribution in [1.29, 1.82) is 0 Å². The largest absolute Gasteiger partial charge is 0.329 e. The van der Waals surface area contributed by atoms with Crippen molar-refractivity contribution in [3.05, 3.63) is 34.6 Å². The molecule has 0 aromatic heterocycles. The van der Waals surface area contributed by atoms with Gasteiger partial charge in [0.1, 0.15) is 5.82 Å². The molecule has 1 saturated heterocycles. The molecule has 1 aliphatic rings. The van der Waals surface area contributed by atoms with E-state index >= 15 is 0 Å². The fourth-order valence-corrected chi connectivity index (χ4v) is 3.01. The number of hydrogen-bond acceptors (Lipinski definition) is 2. The number of nitrogens with zero attached hydrogens (tertiary/aromatic N) is 1. The summed E-state index contributed by atoms with van der Waals surface area (Å²) in [5.74, 6) is 0.328. The van der Waals surface area contributed by atoms with E-state index in [1.54, 1.807) is 6.07 Å². The first kappa shape index (κ1) is 16.7. The van der Waals surface area contributed by atoms with E-state index in [1.165, 1.54) is 25.0 Å². The van der Waals surface area contributed by atoms with E-state index in [-0.39, 0.29) is 18.2 Å². The van der Waals surface area contributed by atoms with Crippen LogP contribution in [0.25, 0.3) is 0 Å². The van der Waals surface area contributed by atoms with Crippen LogP contribution >= 0.6 is 24.0 Å². The summed E-state index contributed by atoms with van der Waals surface area (Å²) in [7, 11) is 0. The summed E-state index contributed by atoms with van der Waals surface area (Å²) in [6.07, 6.45) is 2.42. The monoisotopic (exact) mass is 306 g/mol. The summed E-state index contributed by atoms with van der Waals surface area (Å²) in [5, 5.41) is 0.504. The van der Waals surface area contributed by atoms with Crippen molar-refractivity contribution in [2.75, 3.05) is 13.1 Å². The molecule has 0 spiro atoms. The molecule has 0 bridgehead atoms. The summed E-state index contributed by atoms with van der Waals surface area (Å²) in [6, 6.07) is 5.01. The second-order valence-electron chi connectivity index (χ2n) is 5.13. The van der Waals surface area contributed by atoms with Crippen molar-refractivity contribution in [3.8, 4) is 0 Å². The Kier molecular flexibility index (Phi) is 6.54. The molecule has 0 aliphatic carbocycles. The van der Waals surface area contributed by atoms with Crippen LogP contribution in [0.3, 0.4) is 0 Å². The first-order chi connectivity index (χ1) is 8.61. The Balaban J connectivity index is 0.00000180. The molecule has 1 aromatic carbocycles. The van der Waals surface area contributed by atoms with Gasteiger partial charge in [0, 0.05) is 24.2 Å².